The van der Waals surface area contributed by atoms with Crippen molar-refractivity contribution >= 4 is 11.0 Å². The Kier molecular flexibility index (Phi) is 5.28. The molecule has 0 amide bonds. The molecule has 0 fully saturated rings. The first-order chi connectivity index (χ1) is 7.95. The van der Waals surface area contributed by atoms with Crippen molar-refractivity contribution in [1.29, 1.82) is 0 Å². The molecule has 0 aliphatic carbocycles. The van der Waals surface area contributed by atoms with Crippen LogP contribution in [0.15, 0.2) is 30.3 Å². The number of hydrogen-bond donors (Lipinski definition) is 1. The van der Waals surface area contributed by atoms with E-state index in [9.17, 15) is 8.60 Å². The molecule has 2 unspecified atom stereocenters. The number of rotatable bonds is 5. The van der Waals surface area contributed by atoms with Crippen LogP contribution in [0.4, 0.5) is 4.39 Å². The lowest BCUT2D eigenvalue weighted by Gasteiger charge is -2.24. The molecule has 1 N–H and O–H groups in total. The zero-order valence-corrected chi connectivity index (χ0v) is 11.4. The van der Waals surface area contributed by atoms with Gasteiger partial charge in [0.05, 0.1) is 22.4 Å². The molecule has 1 aromatic carbocycles. The normalized spacial score (nSPS) is 15.5. The van der Waals surface area contributed by atoms with Crippen molar-refractivity contribution in [2.45, 2.75) is 38.0 Å². The third-order valence-corrected chi connectivity index (χ3v) is 4.02. The standard InChI is InChI=1S/C13H20FNOS/c1-13(2,3)17(16)15-12(9-10-14)11-7-5-4-6-8-11/h4-8,12,15H,9-10H2,1-3H3. The minimum absolute atomic E-state index is 0.193. The van der Waals surface area contributed by atoms with E-state index in [-0.39, 0.29) is 10.8 Å². The van der Waals surface area contributed by atoms with Gasteiger partial charge in [0.1, 0.15) is 0 Å². The Morgan fingerprint density at radius 1 is 1.29 bits per heavy atom. The van der Waals surface area contributed by atoms with Gasteiger partial charge >= 0.3 is 0 Å². The van der Waals surface area contributed by atoms with Gasteiger partial charge in [-0.1, -0.05) is 30.3 Å². The maximum atomic E-state index is 12.5. The van der Waals surface area contributed by atoms with E-state index in [1.54, 1.807) is 0 Å². The molecule has 96 valence electrons. The lowest BCUT2D eigenvalue weighted by Crippen LogP contribution is -2.36. The summed E-state index contributed by atoms with van der Waals surface area (Å²) in [5, 5.41) is 0. The maximum Gasteiger partial charge on any atom is 0.0975 e. The van der Waals surface area contributed by atoms with Crippen molar-refractivity contribution in [3.63, 3.8) is 0 Å². The number of nitrogens with one attached hydrogen (secondary N) is 1. The summed E-state index contributed by atoms with van der Waals surface area (Å²) >= 11 is 0. The van der Waals surface area contributed by atoms with Gasteiger partial charge in [-0.15, -0.1) is 0 Å². The van der Waals surface area contributed by atoms with Crippen molar-refractivity contribution in [3.05, 3.63) is 35.9 Å². The molecule has 0 saturated carbocycles. The van der Waals surface area contributed by atoms with Crippen LogP contribution >= 0.6 is 0 Å². The average molecular weight is 257 g/mol. The second-order valence-corrected chi connectivity index (χ2v) is 6.94. The molecule has 0 spiro atoms. The van der Waals surface area contributed by atoms with E-state index in [0.717, 1.165) is 5.56 Å². The van der Waals surface area contributed by atoms with Gasteiger partial charge in [0.2, 0.25) is 0 Å². The van der Waals surface area contributed by atoms with Crippen LogP contribution in [0.3, 0.4) is 0 Å². The minimum Gasteiger partial charge on any atom is -0.251 e. The van der Waals surface area contributed by atoms with Gasteiger partial charge in [-0.2, -0.15) is 0 Å². The number of halogens is 1. The van der Waals surface area contributed by atoms with Gasteiger partial charge < -0.3 is 0 Å². The predicted molar refractivity (Wildman–Crippen MR) is 70.8 cm³/mol. The van der Waals surface area contributed by atoms with Crippen LogP contribution in [0.5, 0.6) is 0 Å². The molecular weight excluding hydrogens is 237 g/mol. The largest absolute Gasteiger partial charge is 0.251 e. The van der Waals surface area contributed by atoms with Crippen molar-refractivity contribution in [2.24, 2.45) is 0 Å². The van der Waals surface area contributed by atoms with Gasteiger partial charge in [-0.25, -0.2) is 8.93 Å². The van der Waals surface area contributed by atoms with Crippen LogP contribution in [-0.4, -0.2) is 15.6 Å². The zero-order chi connectivity index (χ0) is 12.9. The Morgan fingerprint density at radius 3 is 2.35 bits per heavy atom. The minimum atomic E-state index is -1.19. The van der Waals surface area contributed by atoms with Gasteiger partial charge in [0.25, 0.3) is 0 Å². The van der Waals surface area contributed by atoms with Gasteiger partial charge in [-0.3, -0.25) is 4.39 Å². The summed E-state index contributed by atoms with van der Waals surface area (Å²) in [6.45, 7) is 5.27. The number of hydrogen-bond acceptors (Lipinski definition) is 1. The van der Waals surface area contributed by atoms with Crippen LogP contribution in [0, 0.1) is 0 Å². The topological polar surface area (TPSA) is 29.1 Å². The Balaban J connectivity index is 2.78. The monoisotopic (exact) mass is 257 g/mol. The lowest BCUT2D eigenvalue weighted by molar-refractivity contribution is 0.429. The fourth-order valence-electron chi connectivity index (χ4n) is 1.39. The highest BCUT2D eigenvalue weighted by Gasteiger charge is 2.23. The van der Waals surface area contributed by atoms with Crippen LogP contribution < -0.4 is 4.72 Å². The number of benzene rings is 1. The van der Waals surface area contributed by atoms with E-state index in [0.29, 0.717) is 6.42 Å². The average Bonchev–Trinajstić information content (AvgIpc) is 2.28. The molecule has 0 heterocycles. The Hall–Kier alpha value is -0.740. The van der Waals surface area contributed by atoms with Crippen molar-refractivity contribution in [2.75, 3.05) is 6.67 Å². The summed E-state index contributed by atoms with van der Waals surface area (Å²) in [6, 6.07) is 9.38. The van der Waals surface area contributed by atoms with Crippen molar-refractivity contribution in [1.82, 2.24) is 4.72 Å². The summed E-state index contributed by atoms with van der Waals surface area (Å²) in [5.74, 6) is 0. The summed E-state index contributed by atoms with van der Waals surface area (Å²) in [7, 11) is -1.19. The molecule has 0 aliphatic heterocycles. The molecule has 2 nitrogen and oxygen atoms in total. The highest BCUT2D eigenvalue weighted by molar-refractivity contribution is 7.84. The van der Waals surface area contributed by atoms with Gasteiger partial charge in [0.15, 0.2) is 0 Å². The highest BCUT2D eigenvalue weighted by atomic mass is 32.2. The molecule has 1 rings (SSSR count). The first-order valence-electron chi connectivity index (χ1n) is 5.74. The van der Waals surface area contributed by atoms with Crippen molar-refractivity contribution in [3.8, 4) is 0 Å². The van der Waals surface area contributed by atoms with E-state index in [1.165, 1.54) is 0 Å². The van der Waals surface area contributed by atoms with E-state index in [2.05, 4.69) is 4.72 Å². The predicted octanol–water partition coefficient (Wildman–Crippen LogP) is 3.14. The van der Waals surface area contributed by atoms with E-state index in [4.69, 9.17) is 0 Å². The summed E-state index contributed by atoms with van der Waals surface area (Å²) in [6.07, 6.45) is 0.339. The van der Waals surface area contributed by atoms with Crippen LogP contribution in [0.2, 0.25) is 0 Å². The summed E-state index contributed by atoms with van der Waals surface area (Å²) in [5.41, 5.74) is 0.975. The molecule has 0 aromatic heterocycles. The van der Waals surface area contributed by atoms with Gasteiger partial charge in [-0.05, 0) is 32.8 Å². The van der Waals surface area contributed by atoms with Crippen LogP contribution in [-0.2, 0) is 11.0 Å². The quantitative estimate of drug-likeness (QED) is 0.862. The first-order valence-corrected chi connectivity index (χ1v) is 6.89. The van der Waals surface area contributed by atoms with Crippen LogP contribution in [0.1, 0.15) is 38.8 Å². The smallest absolute Gasteiger partial charge is 0.0975 e. The SMILES string of the molecule is CC(C)(C)S(=O)NC(CCF)c1ccccc1. The van der Waals surface area contributed by atoms with E-state index < -0.39 is 17.7 Å². The molecule has 17 heavy (non-hydrogen) atoms. The lowest BCUT2D eigenvalue weighted by atomic mass is 10.1. The second-order valence-electron chi connectivity index (χ2n) is 4.94. The van der Waals surface area contributed by atoms with E-state index in [1.807, 2.05) is 51.1 Å². The van der Waals surface area contributed by atoms with Gasteiger partial charge in [0, 0.05) is 6.04 Å². The molecule has 2 atom stereocenters. The third-order valence-electron chi connectivity index (χ3n) is 2.41. The molecule has 0 saturated heterocycles. The summed E-state index contributed by atoms with van der Waals surface area (Å²) in [4.78, 5) is 0. The Bertz CT molecular complexity index is 361. The summed E-state index contributed by atoms with van der Waals surface area (Å²) < 4.78 is 27.2. The fourth-order valence-corrected chi connectivity index (χ4v) is 2.26. The van der Waals surface area contributed by atoms with Crippen LogP contribution in [0.25, 0.3) is 0 Å². The highest BCUT2D eigenvalue weighted by Crippen LogP contribution is 2.20. The molecule has 0 radical (unpaired) electrons. The van der Waals surface area contributed by atoms with Crippen molar-refractivity contribution < 1.29 is 8.60 Å². The molecule has 1 aromatic rings. The molecular formula is C13H20FNOS. The zero-order valence-electron chi connectivity index (χ0n) is 10.6. The first kappa shape index (κ1) is 14.3. The molecule has 0 bridgehead atoms. The Labute approximate surface area is 105 Å². The maximum absolute atomic E-state index is 12.5. The molecule has 0 aliphatic rings. The van der Waals surface area contributed by atoms with E-state index >= 15 is 0 Å². The Morgan fingerprint density at radius 2 is 1.88 bits per heavy atom. The third kappa shape index (κ3) is 4.56. The fraction of sp³-hybridized carbons (Fsp3) is 0.538. The second kappa shape index (κ2) is 6.26. The molecule has 4 heteroatoms. The number of alkyl halides is 1.